The van der Waals surface area contributed by atoms with Gasteiger partial charge in [0.1, 0.15) is 0 Å². The van der Waals surface area contributed by atoms with Gasteiger partial charge >= 0.3 is 0 Å². The minimum absolute atomic E-state index is 0.0314. The van der Waals surface area contributed by atoms with Gasteiger partial charge in [0.15, 0.2) is 0 Å². The molecule has 0 aliphatic rings. The van der Waals surface area contributed by atoms with Gasteiger partial charge in [-0.25, -0.2) is 0 Å². The number of hydrogen-bond donors (Lipinski definition) is 0. The second-order valence-corrected chi connectivity index (χ2v) is 5.32. The van der Waals surface area contributed by atoms with Crippen LogP contribution in [0.5, 0.6) is 0 Å². The van der Waals surface area contributed by atoms with Gasteiger partial charge in [-0.2, -0.15) is 0 Å². The molecule has 0 radical (unpaired) electrons. The maximum Gasteiger partial charge on any atom is 0.0147 e. The first-order chi connectivity index (χ1) is 5.25. The molecule has 0 saturated carbocycles. The average Bonchev–Trinajstić information content (AvgIpc) is 2.04. The van der Waals surface area contributed by atoms with E-state index in [1.807, 2.05) is 0 Å². The maximum atomic E-state index is 5.32. The molecule has 0 fully saturated rings. The second kappa shape index (κ2) is 3.98. The lowest BCUT2D eigenvalue weighted by Gasteiger charge is -2.04. The van der Waals surface area contributed by atoms with Gasteiger partial charge in [-0.1, -0.05) is 34.6 Å². The Morgan fingerprint density at radius 1 is 1.36 bits per heavy atom. The SMILES string of the molecule is CCS(=S)c1ccccc1C. The smallest absolute Gasteiger partial charge is 0.0147 e. The summed E-state index contributed by atoms with van der Waals surface area (Å²) in [6, 6.07) is 8.37. The molecule has 0 nitrogen and oxygen atoms in total. The van der Waals surface area contributed by atoms with Crippen molar-refractivity contribution in [3.63, 3.8) is 0 Å². The summed E-state index contributed by atoms with van der Waals surface area (Å²) in [5.41, 5.74) is 1.33. The zero-order valence-corrected chi connectivity index (χ0v) is 8.47. The number of rotatable bonds is 2. The van der Waals surface area contributed by atoms with Gasteiger partial charge in [0.05, 0.1) is 0 Å². The predicted octanol–water partition coefficient (Wildman–Crippen LogP) is 2.45. The predicted molar refractivity (Wildman–Crippen MR) is 54.7 cm³/mol. The van der Waals surface area contributed by atoms with Crippen LogP contribution in [-0.4, -0.2) is 5.75 Å². The third kappa shape index (κ3) is 2.11. The highest BCUT2D eigenvalue weighted by Crippen LogP contribution is 2.11. The van der Waals surface area contributed by atoms with Crippen molar-refractivity contribution in [2.24, 2.45) is 0 Å². The van der Waals surface area contributed by atoms with E-state index < -0.39 is 0 Å². The van der Waals surface area contributed by atoms with Crippen LogP contribution < -0.4 is 0 Å². The van der Waals surface area contributed by atoms with Crippen LogP contribution in [0.15, 0.2) is 29.2 Å². The molecule has 0 amide bonds. The summed E-state index contributed by atoms with van der Waals surface area (Å²) in [4.78, 5) is 1.34. The fourth-order valence-electron chi connectivity index (χ4n) is 0.967. The van der Waals surface area contributed by atoms with Crippen LogP contribution in [-0.2, 0) is 20.6 Å². The Morgan fingerprint density at radius 3 is 2.55 bits per heavy atom. The molecule has 60 valence electrons. The fourth-order valence-corrected chi connectivity index (χ4v) is 2.50. The van der Waals surface area contributed by atoms with E-state index in [1.165, 1.54) is 10.5 Å². The van der Waals surface area contributed by atoms with Gasteiger partial charge in [-0.05, 0) is 35.5 Å². The highest BCUT2D eigenvalue weighted by atomic mass is 32.8. The molecular formula is C9H12S2. The molecule has 1 aromatic rings. The molecular weight excluding hydrogens is 172 g/mol. The number of aryl methyl sites for hydroxylation is 1. The van der Waals surface area contributed by atoms with Crippen molar-refractivity contribution in [3.8, 4) is 0 Å². The van der Waals surface area contributed by atoms with E-state index in [2.05, 4.69) is 38.1 Å². The quantitative estimate of drug-likeness (QED) is 0.680. The zero-order chi connectivity index (χ0) is 8.27. The lowest BCUT2D eigenvalue weighted by molar-refractivity contribution is 1.29. The first-order valence-corrected chi connectivity index (χ1v) is 6.01. The Bertz CT molecular complexity index is 266. The average molecular weight is 184 g/mol. The molecule has 0 spiro atoms. The van der Waals surface area contributed by atoms with E-state index in [9.17, 15) is 0 Å². The summed E-state index contributed by atoms with van der Waals surface area (Å²) in [6.07, 6.45) is 0. The second-order valence-electron chi connectivity index (χ2n) is 2.40. The van der Waals surface area contributed by atoms with Crippen molar-refractivity contribution in [1.29, 1.82) is 0 Å². The first kappa shape index (κ1) is 8.88. The summed E-state index contributed by atoms with van der Waals surface area (Å²) in [6.45, 7) is 4.26. The van der Waals surface area contributed by atoms with Crippen LogP contribution in [0.3, 0.4) is 0 Å². The van der Waals surface area contributed by atoms with Crippen molar-refractivity contribution in [2.45, 2.75) is 18.7 Å². The third-order valence-corrected chi connectivity index (χ3v) is 4.32. The van der Waals surface area contributed by atoms with Gasteiger partial charge in [0.25, 0.3) is 0 Å². The van der Waals surface area contributed by atoms with Crippen LogP contribution in [0, 0.1) is 6.92 Å². The lowest BCUT2D eigenvalue weighted by atomic mass is 10.2. The van der Waals surface area contributed by atoms with Gasteiger partial charge < -0.3 is 0 Å². The van der Waals surface area contributed by atoms with Crippen molar-refractivity contribution in [3.05, 3.63) is 29.8 Å². The normalized spacial score (nSPS) is 12.9. The van der Waals surface area contributed by atoms with Gasteiger partial charge in [-0.3, -0.25) is 0 Å². The summed E-state index contributed by atoms with van der Waals surface area (Å²) < 4.78 is 0. The summed E-state index contributed by atoms with van der Waals surface area (Å²) >= 11 is 5.32. The van der Waals surface area contributed by atoms with Crippen LogP contribution in [0.1, 0.15) is 12.5 Å². The van der Waals surface area contributed by atoms with Crippen molar-refractivity contribution < 1.29 is 0 Å². The Balaban J connectivity index is 3.03. The van der Waals surface area contributed by atoms with Crippen molar-refractivity contribution >= 4 is 20.6 Å². The van der Waals surface area contributed by atoms with Crippen LogP contribution >= 0.6 is 0 Å². The van der Waals surface area contributed by atoms with E-state index in [1.54, 1.807) is 0 Å². The molecule has 0 saturated heterocycles. The largest absolute Gasteiger partial charge is 0.0901 e. The van der Waals surface area contributed by atoms with E-state index in [0.29, 0.717) is 0 Å². The number of benzene rings is 1. The molecule has 1 atom stereocenters. The van der Waals surface area contributed by atoms with E-state index >= 15 is 0 Å². The van der Waals surface area contributed by atoms with Crippen molar-refractivity contribution in [2.75, 3.05) is 5.75 Å². The minimum atomic E-state index is 0.0314. The molecule has 1 rings (SSSR count). The molecule has 11 heavy (non-hydrogen) atoms. The molecule has 0 N–H and O–H groups in total. The number of hydrogen-bond acceptors (Lipinski definition) is 1. The first-order valence-electron chi connectivity index (χ1n) is 3.69. The Hall–Kier alpha value is -0.210. The van der Waals surface area contributed by atoms with Gasteiger partial charge in [0.2, 0.25) is 0 Å². The molecule has 0 heterocycles. The minimum Gasteiger partial charge on any atom is -0.0901 e. The third-order valence-electron chi connectivity index (χ3n) is 1.60. The maximum absolute atomic E-state index is 5.32. The van der Waals surface area contributed by atoms with Gasteiger partial charge in [0, 0.05) is 4.90 Å². The standard InChI is InChI=1S/C9H12S2/c1-3-11(10)9-7-5-4-6-8(9)2/h4-7H,3H2,1-2H3. The lowest BCUT2D eigenvalue weighted by Crippen LogP contribution is -1.94. The van der Waals surface area contributed by atoms with Crippen molar-refractivity contribution in [1.82, 2.24) is 0 Å². The van der Waals surface area contributed by atoms with E-state index in [0.717, 1.165) is 5.75 Å². The molecule has 0 aliphatic heterocycles. The summed E-state index contributed by atoms with van der Waals surface area (Å²) in [7, 11) is 0.0314. The van der Waals surface area contributed by atoms with E-state index in [4.69, 9.17) is 11.2 Å². The highest BCUT2D eigenvalue weighted by Gasteiger charge is 1.98. The van der Waals surface area contributed by atoms with Gasteiger partial charge in [-0.15, -0.1) is 0 Å². The molecule has 0 bridgehead atoms. The molecule has 1 aromatic carbocycles. The summed E-state index contributed by atoms with van der Waals surface area (Å²) in [5.74, 6) is 1.07. The molecule has 2 heteroatoms. The topological polar surface area (TPSA) is 0 Å². The zero-order valence-electron chi connectivity index (χ0n) is 6.83. The Kier molecular flexibility index (Phi) is 3.21. The van der Waals surface area contributed by atoms with E-state index in [-0.39, 0.29) is 9.45 Å². The molecule has 0 aliphatic carbocycles. The summed E-state index contributed by atoms with van der Waals surface area (Å²) in [5, 5.41) is 0. The monoisotopic (exact) mass is 184 g/mol. The molecule has 0 aromatic heterocycles. The highest BCUT2D eigenvalue weighted by molar-refractivity contribution is 8.28. The van der Waals surface area contributed by atoms with Crippen LogP contribution in [0.4, 0.5) is 0 Å². The Labute approximate surface area is 75.2 Å². The molecule has 1 unspecified atom stereocenters. The Morgan fingerprint density at radius 2 is 2.00 bits per heavy atom. The fraction of sp³-hybridized carbons (Fsp3) is 0.333. The van der Waals surface area contributed by atoms with Crippen LogP contribution in [0.2, 0.25) is 0 Å². The van der Waals surface area contributed by atoms with Crippen LogP contribution in [0.25, 0.3) is 0 Å².